The molecule has 0 atom stereocenters. The summed E-state index contributed by atoms with van der Waals surface area (Å²) in [5, 5.41) is 12.7. The minimum absolute atomic E-state index is 0.147. The average Bonchev–Trinajstić information content (AvgIpc) is 2.73. The minimum atomic E-state index is -0.147. The van der Waals surface area contributed by atoms with E-state index in [1.54, 1.807) is 19.2 Å². The molecule has 6 heteroatoms. The van der Waals surface area contributed by atoms with Gasteiger partial charge >= 0.3 is 0 Å². The molecule has 0 saturated carbocycles. The number of rotatable bonds is 6. The van der Waals surface area contributed by atoms with Crippen LogP contribution in [-0.4, -0.2) is 23.8 Å². The summed E-state index contributed by atoms with van der Waals surface area (Å²) in [6.45, 7) is 0. The van der Waals surface area contributed by atoms with Gasteiger partial charge in [-0.3, -0.25) is 4.79 Å². The van der Waals surface area contributed by atoms with Crippen molar-refractivity contribution >= 4 is 23.4 Å². The molecule has 1 aromatic heterocycles. The molecule has 0 bridgehead atoms. The van der Waals surface area contributed by atoms with Crippen molar-refractivity contribution in [1.29, 1.82) is 5.26 Å². The molecular formula is C21H17N3O2S. The van der Waals surface area contributed by atoms with Gasteiger partial charge in [0.05, 0.1) is 24.1 Å². The molecule has 3 rings (SSSR count). The van der Waals surface area contributed by atoms with Crippen LogP contribution in [0, 0.1) is 11.3 Å². The lowest BCUT2D eigenvalue weighted by Gasteiger charge is -2.08. The van der Waals surface area contributed by atoms with Crippen LogP contribution in [0.3, 0.4) is 0 Å². The number of nitriles is 1. The zero-order valence-corrected chi connectivity index (χ0v) is 15.5. The van der Waals surface area contributed by atoms with E-state index in [1.807, 2.05) is 54.6 Å². The smallest absolute Gasteiger partial charge is 0.234 e. The fourth-order valence-electron chi connectivity index (χ4n) is 2.41. The number of hydrogen-bond donors (Lipinski definition) is 1. The van der Waals surface area contributed by atoms with Crippen LogP contribution < -0.4 is 10.1 Å². The molecule has 27 heavy (non-hydrogen) atoms. The van der Waals surface area contributed by atoms with E-state index in [9.17, 15) is 10.1 Å². The number of anilines is 1. The Balaban J connectivity index is 1.73. The van der Waals surface area contributed by atoms with Gasteiger partial charge in [0, 0.05) is 11.3 Å². The molecule has 0 saturated heterocycles. The molecule has 0 unspecified atom stereocenters. The summed E-state index contributed by atoms with van der Waals surface area (Å²) in [5.41, 5.74) is 2.84. The summed E-state index contributed by atoms with van der Waals surface area (Å²) < 4.78 is 5.17. The topological polar surface area (TPSA) is 75.0 Å². The SMILES string of the molecule is COc1ccc(-c2ccc(C#N)c(SCC(=O)Nc3ccccc3)n2)cc1. The number of methoxy groups -OCH3 is 1. The van der Waals surface area contributed by atoms with E-state index in [0.717, 1.165) is 22.7 Å². The van der Waals surface area contributed by atoms with Crippen molar-refractivity contribution in [3.05, 3.63) is 72.3 Å². The number of carbonyl (C=O) groups excluding carboxylic acids is 1. The standard InChI is InChI=1S/C21H17N3O2S/c1-26-18-10-7-15(8-11-18)19-12-9-16(13-22)21(24-19)27-14-20(25)23-17-5-3-2-4-6-17/h2-12H,14H2,1H3,(H,23,25). The maximum absolute atomic E-state index is 12.2. The molecule has 0 aliphatic rings. The van der Waals surface area contributed by atoms with E-state index in [2.05, 4.69) is 16.4 Å². The van der Waals surface area contributed by atoms with E-state index < -0.39 is 0 Å². The number of thioether (sulfide) groups is 1. The van der Waals surface area contributed by atoms with Gasteiger partial charge in [-0.1, -0.05) is 30.0 Å². The molecule has 5 nitrogen and oxygen atoms in total. The third-order valence-corrected chi connectivity index (χ3v) is 4.76. The Bertz CT molecular complexity index is 967. The molecule has 3 aromatic rings. The van der Waals surface area contributed by atoms with E-state index in [0.29, 0.717) is 10.6 Å². The number of amides is 1. The number of carbonyl (C=O) groups is 1. The Labute approximate surface area is 162 Å². The fraction of sp³-hybridized carbons (Fsp3) is 0.0952. The van der Waals surface area contributed by atoms with Crippen LogP contribution >= 0.6 is 11.8 Å². The first kappa shape index (κ1) is 18.5. The van der Waals surface area contributed by atoms with Crippen molar-refractivity contribution in [2.45, 2.75) is 5.03 Å². The number of nitrogens with one attached hydrogen (secondary N) is 1. The van der Waals surface area contributed by atoms with E-state index in [1.165, 1.54) is 11.8 Å². The number of para-hydroxylation sites is 1. The zero-order valence-electron chi connectivity index (χ0n) is 14.7. The number of nitrogens with zero attached hydrogens (tertiary/aromatic N) is 2. The van der Waals surface area contributed by atoms with Crippen molar-refractivity contribution in [3.8, 4) is 23.1 Å². The third-order valence-electron chi connectivity index (χ3n) is 3.76. The molecule has 2 aromatic carbocycles. The molecule has 0 fully saturated rings. The van der Waals surface area contributed by atoms with Crippen LogP contribution in [-0.2, 0) is 4.79 Å². The van der Waals surface area contributed by atoms with E-state index in [-0.39, 0.29) is 11.7 Å². The zero-order chi connectivity index (χ0) is 19.1. The lowest BCUT2D eigenvalue weighted by molar-refractivity contribution is -0.113. The molecule has 1 amide bonds. The van der Waals surface area contributed by atoms with E-state index >= 15 is 0 Å². The van der Waals surface area contributed by atoms with Crippen LogP contribution in [0.1, 0.15) is 5.56 Å². The lowest BCUT2D eigenvalue weighted by atomic mass is 10.1. The predicted molar refractivity (Wildman–Crippen MR) is 107 cm³/mol. The lowest BCUT2D eigenvalue weighted by Crippen LogP contribution is -2.14. The molecular weight excluding hydrogens is 358 g/mol. The van der Waals surface area contributed by atoms with Gasteiger partial charge in [0.1, 0.15) is 16.8 Å². The van der Waals surface area contributed by atoms with Gasteiger partial charge in [-0.15, -0.1) is 0 Å². The van der Waals surface area contributed by atoms with Crippen LogP contribution in [0.25, 0.3) is 11.3 Å². The van der Waals surface area contributed by atoms with E-state index in [4.69, 9.17) is 4.74 Å². The molecule has 134 valence electrons. The highest BCUT2D eigenvalue weighted by molar-refractivity contribution is 8.00. The Hall–Kier alpha value is -3.30. The summed E-state index contributed by atoms with van der Waals surface area (Å²) in [6, 6.07) is 22.4. The van der Waals surface area contributed by atoms with Gasteiger partial charge in [-0.25, -0.2) is 4.98 Å². The van der Waals surface area contributed by atoms with Crippen LogP contribution in [0.4, 0.5) is 5.69 Å². The first-order valence-corrected chi connectivity index (χ1v) is 9.21. The van der Waals surface area contributed by atoms with Gasteiger partial charge in [-0.2, -0.15) is 5.26 Å². The Morgan fingerprint density at radius 3 is 2.52 bits per heavy atom. The van der Waals surface area contributed by atoms with Gasteiger partial charge in [-0.05, 0) is 48.5 Å². The Kier molecular flexibility index (Phi) is 6.08. The summed E-state index contributed by atoms with van der Waals surface area (Å²) in [6.07, 6.45) is 0. The summed E-state index contributed by atoms with van der Waals surface area (Å²) in [4.78, 5) is 16.7. The van der Waals surface area contributed by atoms with Crippen LogP contribution in [0.5, 0.6) is 5.75 Å². The van der Waals surface area contributed by atoms with Crippen LogP contribution in [0.2, 0.25) is 0 Å². The highest BCUT2D eigenvalue weighted by Crippen LogP contribution is 2.26. The predicted octanol–water partition coefficient (Wildman–Crippen LogP) is 4.36. The molecule has 0 spiro atoms. The van der Waals surface area contributed by atoms with Crippen molar-refractivity contribution in [2.75, 3.05) is 18.2 Å². The second kappa shape index (κ2) is 8.88. The first-order valence-electron chi connectivity index (χ1n) is 8.23. The Morgan fingerprint density at radius 2 is 1.85 bits per heavy atom. The molecule has 0 radical (unpaired) electrons. The molecule has 1 heterocycles. The van der Waals surface area contributed by atoms with Gasteiger partial charge in [0.2, 0.25) is 5.91 Å². The number of aromatic nitrogens is 1. The molecule has 0 aliphatic carbocycles. The molecule has 1 N–H and O–H groups in total. The van der Waals surface area contributed by atoms with Crippen molar-refractivity contribution in [3.63, 3.8) is 0 Å². The normalized spacial score (nSPS) is 10.1. The fourth-order valence-corrected chi connectivity index (χ4v) is 3.18. The van der Waals surface area contributed by atoms with Crippen molar-refractivity contribution < 1.29 is 9.53 Å². The quantitative estimate of drug-likeness (QED) is 0.648. The minimum Gasteiger partial charge on any atom is -0.497 e. The Morgan fingerprint density at radius 1 is 1.11 bits per heavy atom. The number of ether oxygens (including phenoxy) is 1. The number of pyridine rings is 1. The highest BCUT2D eigenvalue weighted by Gasteiger charge is 2.11. The highest BCUT2D eigenvalue weighted by atomic mass is 32.2. The van der Waals surface area contributed by atoms with Crippen LogP contribution in [0.15, 0.2) is 71.8 Å². The van der Waals surface area contributed by atoms with Gasteiger partial charge in [0.25, 0.3) is 0 Å². The maximum atomic E-state index is 12.2. The summed E-state index contributed by atoms with van der Waals surface area (Å²) >= 11 is 1.25. The summed E-state index contributed by atoms with van der Waals surface area (Å²) in [7, 11) is 1.62. The monoisotopic (exact) mass is 375 g/mol. The summed E-state index contributed by atoms with van der Waals surface area (Å²) in [5.74, 6) is 0.786. The number of benzene rings is 2. The maximum Gasteiger partial charge on any atom is 0.234 e. The van der Waals surface area contributed by atoms with Crippen molar-refractivity contribution in [1.82, 2.24) is 4.98 Å². The average molecular weight is 375 g/mol. The van der Waals surface area contributed by atoms with Gasteiger partial charge in [0.15, 0.2) is 0 Å². The largest absolute Gasteiger partial charge is 0.497 e. The third kappa shape index (κ3) is 4.87. The van der Waals surface area contributed by atoms with Gasteiger partial charge < -0.3 is 10.1 Å². The number of hydrogen-bond acceptors (Lipinski definition) is 5. The first-order chi connectivity index (χ1) is 13.2. The molecule has 0 aliphatic heterocycles. The van der Waals surface area contributed by atoms with Crippen molar-refractivity contribution in [2.24, 2.45) is 0 Å². The second-order valence-electron chi connectivity index (χ2n) is 5.59. The second-order valence-corrected chi connectivity index (χ2v) is 6.56.